The van der Waals surface area contributed by atoms with Crippen LogP contribution in [0.25, 0.3) is 10.2 Å². The molecule has 2 heterocycles. The molecule has 0 aliphatic carbocycles. The van der Waals surface area contributed by atoms with Gasteiger partial charge in [0.2, 0.25) is 0 Å². The quantitative estimate of drug-likeness (QED) is 0.590. The molecule has 0 aliphatic heterocycles. The summed E-state index contributed by atoms with van der Waals surface area (Å²) < 4.78 is 6.82. The Morgan fingerprint density at radius 3 is 2.85 bits per heavy atom. The summed E-state index contributed by atoms with van der Waals surface area (Å²) in [6.45, 7) is 2.07. The number of rotatable bonds is 7. The number of nitrogens with one attached hydrogen (secondary N) is 2. The average Bonchev–Trinajstić information content (AvgIpc) is 3.07. The molecule has 0 radical (unpaired) electrons. The summed E-state index contributed by atoms with van der Waals surface area (Å²) in [6, 6.07) is 8.89. The second-order valence-electron chi connectivity index (χ2n) is 5.64. The van der Waals surface area contributed by atoms with Crippen LogP contribution in [0.5, 0.6) is 11.5 Å². The Bertz CT molecular complexity index is 908. The van der Waals surface area contributed by atoms with Gasteiger partial charge in [-0.2, -0.15) is 0 Å². The zero-order valence-electron chi connectivity index (χ0n) is 14.5. The van der Waals surface area contributed by atoms with Gasteiger partial charge >= 0.3 is 0 Å². The predicted octanol–water partition coefficient (Wildman–Crippen LogP) is 3.03. The van der Waals surface area contributed by atoms with Crippen molar-refractivity contribution in [2.45, 2.75) is 19.4 Å². The van der Waals surface area contributed by atoms with Crippen molar-refractivity contribution in [2.24, 2.45) is 0 Å². The summed E-state index contributed by atoms with van der Waals surface area (Å²) in [5.74, 6) is 0.918. The van der Waals surface area contributed by atoms with Crippen molar-refractivity contribution in [3.05, 3.63) is 42.2 Å². The van der Waals surface area contributed by atoms with Gasteiger partial charge in [0.15, 0.2) is 5.13 Å². The van der Waals surface area contributed by atoms with E-state index in [4.69, 9.17) is 4.74 Å². The number of nitrogens with zero attached hydrogens (tertiary/aromatic N) is 2. The highest BCUT2D eigenvalue weighted by molar-refractivity contribution is 7.22. The van der Waals surface area contributed by atoms with E-state index < -0.39 is 0 Å². The van der Waals surface area contributed by atoms with Gasteiger partial charge in [0.25, 0.3) is 5.91 Å². The van der Waals surface area contributed by atoms with Crippen LogP contribution in [0.3, 0.4) is 0 Å². The second kappa shape index (κ2) is 8.11. The Kier molecular flexibility index (Phi) is 5.65. The van der Waals surface area contributed by atoms with E-state index >= 15 is 0 Å². The maximum Gasteiger partial charge on any atom is 0.269 e. The lowest BCUT2D eigenvalue weighted by atomic mass is 10.2. The van der Waals surface area contributed by atoms with Crippen molar-refractivity contribution in [2.75, 3.05) is 19.0 Å². The fourth-order valence-electron chi connectivity index (χ4n) is 2.34. The topological polar surface area (TPSA) is 96.4 Å². The minimum Gasteiger partial charge on any atom is -0.457 e. The highest BCUT2D eigenvalue weighted by Crippen LogP contribution is 2.31. The fraction of sp³-hybridized carbons (Fsp3) is 0.278. The van der Waals surface area contributed by atoms with Crippen molar-refractivity contribution < 1.29 is 14.6 Å². The molecule has 0 saturated heterocycles. The number of ether oxygens (including phenoxy) is 1. The molecule has 26 heavy (non-hydrogen) atoms. The number of amides is 1. The number of pyridine rings is 1. The van der Waals surface area contributed by atoms with E-state index in [2.05, 4.69) is 20.6 Å². The molecule has 3 aromatic rings. The zero-order valence-corrected chi connectivity index (χ0v) is 15.3. The first kappa shape index (κ1) is 18.1. The van der Waals surface area contributed by atoms with Crippen LogP contribution in [0, 0.1) is 0 Å². The number of anilines is 1. The van der Waals surface area contributed by atoms with E-state index in [-0.39, 0.29) is 18.6 Å². The van der Waals surface area contributed by atoms with E-state index in [1.165, 1.54) is 17.5 Å². The third kappa shape index (κ3) is 4.09. The third-order valence-electron chi connectivity index (χ3n) is 3.83. The van der Waals surface area contributed by atoms with Gasteiger partial charge in [0.05, 0.1) is 22.9 Å². The molecule has 1 amide bonds. The maximum absolute atomic E-state index is 11.7. The number of carbonyl (C=O) groups is 1. The molecule has 0 saturated carbocycles. The number of carbonyl (C=O) groups excluding carboxylic acids is 1. The zero-order chi connectivity index (χ0) is 18.5. The molecule has 1 aromatic carbocycles. The first-order valence-electron chi connectivity index (χ1n) is 8.27. The second-order valence-corrected chi connectivity index (χ2v) is 6.67. The number of thiazole rings is 1. The van der Waals surface area contributed by atoms with Gasteiger partial charge in [-0.15, -0.1) is 0 Å². The molecule has 0 aliphatic rings. The van der Waals surface area contributed by atoms with Crippen molar-refractivity contribution in [3.63, 3.8) is 0 Å². The van der Waals surface area contributed by atoms with Crippen LogP contribution in [0.1, 0.15) is 23.8 Å². The summed E-state index contributed by atoms with van der Waals surface area (Å²) >= 11 is 1.50. The first-order chi connectivity index (χ1) is 12.6. The minimum absolute atomic E-state index is 0.00812. The standard InChI is InChI=1S/C18H20N4O3S/c1-3-11(10-23)21-18-22-14-5-4-12(9-16(14)26-18)25-13-6-7-20-15(8-13)17(24)19-2/h4-9,11,23H,3,10H2,1-2H3,(H,19,24)(H,21,22)/t11-/m1/s1. The van der Waals surface area contributed by atoms with E-state index in [0.717, 1.165) is 21.8 Å². The molecule has 0 unspecified atom stereocenters. The summed E-state index contributed by atoms with van der Waals surface area (Å²) in [5, 5.41) is 15.8. The molecular weight excluding hydrogens is 352 g/mol. The Morgan fingerprint density at radius 1 is 1.31 bits per heavy atom. The van der Waals surface area contributed by atoms with Crippen LogP contribution < -0.4 is 15.4 Å². The Balaban J connectivity index is 1.80. The van der Waals surface area contributed by atoms with Crippen LogP contribution in [0.4, 0.5) is 5.13 Å². The van der Waals surface area contributed by atoms with Crippen LogP contribution in [-0.2, 0) is 0 Å². The monoisotopic (exact) mass is 372 g/mol. The first-order valence-corrected chi connectivity index (χ1v) is 9.08. The smallest absolute Gasteiger partial charge is 0.269 e. The van der Waals surface area contributed by atoms with Crippen molar-refractivity contribution in [3.8, 4) is 11.5 Å². The number of hydrogen-bond acceptors (Lipinski definition) is 7. The van der Waals surface area contributed by atoms with Crippen molar-refractivity contribution >= 4 is 32.6 Å². The Labute approximate surface area is 155 Å². The molecule has 2 aromatic heterocycles. The van der Waals surface area contributed by atoms with Gasteiger partial charge in [-0.05, 0) is 24.6 Å². The lowest BCUT2D eigenvalue weighted by molar-refractivity contribution is 0.0958. The third-order valence-corrected chi connectivity index (χ3v) is 4.78. The maximum atomic E-state index is 11.7. The summed E-state index contributed by atoms with van der Waals surface area (Å²) in [5.41, 5.74) is 1.16. The van der Waals surface area contributed by atoms with Gasteiger partial charge in [-0.25, -0.2) is 4.98 Å². The van der Waals surface area contributed by atoms with Crippen LogP contribution in [0.2, 0.25) is 0 Å². The number of benzene rings is 1. The molecule has 0 fully saturated rings. The van der Waals surface area contributed by atoms with Crippen molar-refractivity contribution in [1.82, 2.24) is 15.3 Å². The minimum atomic E-state index is -0.265. The number of fused-ring (bicyclic) bond motifs is 1. The van der Waals surface area contributed by atoms with E-state index in [1.54, 1.807) is 19.2 Å². The van der Waals surface area contributed by atoms with Gasteiger partial charge in [0, 0.05) is 25.4 Å². The molecule has 3 N–H and O–H groups in total. The molecule has 0 bridgehead atoms. The summed E-state index contributed by atoms with van der Waals surface area (Å²) in [6.07, 6.45) is 2.35. The van der Waals surface area contributed by atoms with Gasteiger partial charge < -0.3 is 20.5 Å². The van der Waals surface area contributed by atoms with E-state index in [0.29, 0.717) is 17.2 Å². The molecule has 7 nitrogen and oxygen atoms in total. The molecule has 136 valence electrons. The molecule has 3 rings (SSSR count). The Morgan fingerprint density at radius 2 is 2.12 bits per heavy atom. The number of aliphatic hydroxyl groups excluding tert-OH is 1. The fourth-order valence-corrected chi connectivity index (χ4v) is 3.32. The molecule has 8 heteroatoms. The lowest BCUT2D eigenvalue weighted by Gasteiger charge is -2.11. The number of hydrogen-bond donors (Lipinski definition) is 3. The highest BCUT2D eigenvalue weighted by atomic mass is 32.1. The normalized spacial score (nSPS) is 12.0. The van der Waals surface area contributed by atoms with E-state index in [1.807, 2.05) is 25.1 Å². The lowest BCUT2D eigenvalue weighted by Crippen LogP contribution is -2.22. The highest BCUT2D eigenvalue weighted by Gasteiger charge is 2.11. The number of aromatic nitrogens is 2. The Hall–Kier alpha value is -2.71. The summed E-state index contributed by atoms with van der Waals surface area (Å²) in [7, 11) is 1.56. The largest absolute Gasteiger partial charge is 0.457 e. The SMILES string of the molecule is CC[C@H](CO)Nc1nc2ccc(Oc3ccnc(C(=O)NC)c3)cc2s1. The molecular formula is C18H20N4O3S. The van der Waals surface area contributed by atoms with Crippen LogP contribution in [0.15, 0.2) is 36.5 Å². The van der Waals surface area contributed by atoms with Crippen LogP contribution >= 0.6 is 11.3 Å². The predicted molar refractivity (Wildman–Crippen MR) is 102 cm³/mol. The molecule has 1 atom stereocenters. The van der Waals surface area contributed by atoms with Gasteiger partial charge in [-0.3, -0.25) is 9.78 Å². The molecule has 0 spiro atoms. The van der Waals surface area contributed by atoms with E-state index in [9.17, 15) is 9.90 Å². The van der Waals surface area contributed by atoms with Crippen molar-refractivity contribution in [1.29, 1.82) is 0 Å². The van der Waals surface area contributed by atoms with Gasteiger partial charge in [0.1, 0.15) is 17.2 Å². The summed E-state index contributed by atoms with van der Waals surface area (Å²) in [4.78, 5) is 20.2. The van der Waals surface area contributed by atoms with Gasteiger partial charge in [-0.1, -0.05) is 18.3 Å². The number of aliphatic hydroxyl groups is 1. The van der Waals surface area contributed by atoms with Crippen LogP contribution in [-0.4, -0.2) is 40.7 Å². The average molecular weight is 372 g/mol.